The molecule has 0 unspecified atom stereocenters. The van der Waals surface area contributed by atoms with Crippen LogP contribution in [0.5, 0.6) is 0 Å². The Bertz CT molecular complexity index is 1480. The van der Waals surface area contributed by atoms with E-state index < -0.39 is 44.1 Å². The van der Waals surface area contributed by atoms with Crippen LogP contribution in [-0.4, -0.2) is 35.5 Å². The van der Waals surface area contributed by atoms with Crippen molar-refractivity contribution in [2.75, 3.05) is 0 Å². The van der Waals surface area contributed by atoms with Gasteiger partial charge in [0, 0.05) is 25.0 Å². The Labute approximate surface area is 179 Å². The predicted molar refractivity (Wildman–Crippen MR) is 107 cm³/mol. The summed E-state index contributed by atoms with van der Waals surface area (Å²) in [5, 5.41) is 11.7. The average molecular weight is 416 g/mol. The molecule has 0 bridgehead atoms. The van der Waals surface area contributed by atoms with E-state index in [2.05, 4.69) is 25.3 Å². The molecule has 30 heavy (non-hydrogen) atoms. The lowest BCUT2D eigenvalue weighted by Gasteiger charge is -2.31. The van der Waals surface area contributed by atoms with Gasteiger partial charge in [-0.2, -0.15) is 10.2 Å². The van der Waals surface area contributed by atoms with Crippen molar-refractivity contribution in [1.29, 1.82) is 0 Å². The maximum atomic E-state index is 15.8. The number of rotatable bonds is 2. The third kappa shape index (κ3) is 2.80. The third-order valence-corrected chi connectivity index (χ3v) is 5.09. The van der Waals surface area contributed by atoms with Crippen molar-refractivity contribution in [2.45, 2.75) is 46.3 Å². The molecular formula is C21H20F2N6O. The van der Waals surface area contributed by atoms with E-state index in [1.165, 1.54) is 17.7 Å². The third-order valence-electron chi connectivity index (χ3n) is 5.09. The molecule has 7 nitrogen and oxygen atoms in total. The van der Waals surface area contributed by atoms with Gasteiger partial charge < -0.3 is 4.74 Å². The molecule has 0 fully saturated rings. The first-order chi connectivity index (χ1) is 16.7. The maximum absolute atomic E-state index is 15.8. The van der Waals surface area contributed by atoms with Crippen LogP contribution in [0.15, 0.2) is 18.3 Å². The number of ether oxygens (including phenoxy) is 1. The summed E-state index contributed by atoms with van der Waals surface area (Å²) < 4.78 is 83.8. The zero-order valence-corrected chi connectivity index (χ0v) is 16.0. The van der Waals surface area contributed by atoms with Crippen LogP contribution in [0.3, 0.4) is 0 Å². The summed E-state index contributed by atoms with van der Waals surface area (Å²) in [4.78, 5) is 8.27. The minimum Gasteiger partial charge on any atom is -0.367 e. The Morgan fingerprint density at radius 3 is 2.80 bits per heavy atom. The molecule has 4 aromatic rings. The zero-order valence-electron chi connectivity index (χ0n) is 22.0. The SMILES string of the molecule is [2H]C([2H])([2H])C1(C([2H])([2H])[2H])Cn2nc(-c3ccc(F)cn3)c(-c3c(F)c(C)nc4n[nH]c(C)c34)c2CO1. The standard InChI is InChI=1S/C21H20F2N6O/c1-10-15-17(18(23)11(2)25-20(15)27-26-10)16-14-8-30-21(3,4)9-29(14)28-19(16)13-6-5-12(22)7-24-13/h5-7H,8-9H2,1-4H3,(H,25,26,27)/i3D3,4D3. The van der Waals surface area contributed by atoms with Crippen LogP contribution in [0, 0.1) is 25.5 Å². The smallest absolute Gasteiger partial charge is 0.182 e. The quantitative estimate of drug-likeness (QED) is 0.532. The molecule has 0 aliphatic carbocycles. The fourth-order valence-electron chi connectivity index (χ4n) is 3.71. The molecule has 0 saturated heterocycles. The van der Waals surface area contributed by atoms with Gasteiger partial charge in [0.2, 0.25) is 0 Å². The molecule has 0 amide bonds. The van der Waals surface area contributed by atoms with Crippen molar-refractivity contribution in [3.63, 3.8) is 0 Å². The van der Waals surface area contributed by atoms with Crippen molar-refractivity contribution in [2.24, 2.45) is 0 Å². The van der Waals surface area contributed by atoms with Gasteiger partial charge in [0.05, 0.1) is 47.4 Å². The number of aromatic nitrogens is 6. The molecule has 9 heteroatoms. The second-order valence-electron chi connectivity index (χ2n) is 7.24. The minimum absolute atomic E-state index is 0.0537. The van der Waals surface area contributed by atoms with Crippen molar-refractivity contribution in [1.82, 2.24) is 29.9 Å². The van der Waals surface area contributed by atoms with Gasteiger partial charge in [0.1, 0.15) is 11.5 Å². The van der Waals surface area contributed by atoms with E-state index in [-0.39, 0.29) is 39.5 Å². The van der Waals surface area contributed by atoms with Gasteiger partial charge in [0.25, 0.3) is 0 Å². The summed E-state index contributed by atoms with van der Waals surface area (Å²) in [5.41, 5.74) is -0.935. The number of hydrogen-bond acceptors (Lipinski definition) is 5. The van der Waals surface area contributed by atoms with E-state index in [1.54, 1.807) is 6.92 Å². The molecule has 5 heterocycles. The highest BCUT2D eigenvalue weighted by molar-refractivity contribution is 5.99. The number of pyridine rings is 2. The lowest BCUT2D eigenvalue weighted by atomic mass is 9.96. The summed E-state index contributed by atoms with van der Waals surface area (Å²) >= 11 is 0. The van der Waals surface area contributed by atoms with E-state index in [4.69, 9.17) is 13.0 Å². The number of H-pyrrole nitrogens is 1. The Hall–Kier alpha value is -3.20. The van der Waals surface area contributed by atoms with Gasteiger partial charge >= 0.3 is 0 Å². The van der Waals surface area contributed by atoms with Crippen LogP contribution >= 0.6 is 0 Å². The molecule has 1 aliphatic rings. The molecule has 0 spiro atoms. The first-order valence-corrected chi connectivity index (χ1v) is 9.12. The van der Waals surface area contributed by atoms with E-state index >= 15 is 4.39 Å². The van der Waals surface area contributed by atoms with Gasteiger partial charge in [0.15, 0.2) is 11.5 Å². The molecule has 154 valence electrons. The number of nitrogens with zero attached hydrogens (tertiary/aromatic N) is 5. The highest BCUT2D eigenvalue weighted by Gasteiger charge is 2.34. The molecule has 4 aromatic heterocycles. The minimum atomic E-state index is -3.02. The Morgan fingerprint density at radius 2 is 2.07 bits per heavy atom. The van der Waals surface area contributed by atoms with Crippen molar-refractivity contribution in [3.8, 4) is 22.5 Å². The average Bonchev–Trinajstić information content (AvgIpc) is 3.34. The van der Waals surface area contributed by atoms with E-state index in [0.717, 1.165) is 12.3 Å². The summed E-state index contributed by atoms with van der Waals surface area (Å²) in [6.07, 6.45) is 0.968. The maximum Gasteiger partial charge on any atom is 0.182 e. The van der Waals surface area contributed by atoms with E-state index in [9.17, 15) is 4.39 Å². The molecule has 1 aliphatic heterocycles. The largest absolute Gasteiger partial charge is 0.367 e. The van der Waals surface area contributed by atoms with Gasteiger partial charge in [-0.1, -0.05) is 0 Å². The number of fused-ring (bicyclic) bond motifs is 2. The monoisotopic (exact) mass is 416 g/mol. The second kappa shape index (κ2) is 6.40. The summed E-state index contributed by atoms with van der Waals surface area (Å²) in [7, 11) is 0. The molecular weight excluding hydrogens is 390 g/mol. The van der Waals surface area contributed by atoms with Crippen LogP contribution in [0.1, 0.15) is 39.0 Å². The molecule has 0 radical (unpaired) electrons. The van der Waals surface area contributed by atoms with Crippen LogP contribution in [0.2, 0.25) is 0 Å². The second-order valence-corrected chi connectivity index (χ2v) is 7.24. The first kappa shape index (κ1) is 13.2. The number of hydrogen-bond donors (Lipinski definition) is 1. The normalized spacial score (nSPS) is 19.3. The molecule has 0 atom stereocenters. The lowest BCUT2D eigenvalue weighted by molar-refractivity contribution is -0.0657. The van der Waals surface area contributed by atoms with Crippen molar-refractivity contribution in [3.05, 3.63) is 47.0 Å². The Morgan fingerprint density at radius 1 is 1.23 bits per heavy atom. The number of aromatic amines is 1. The van der Waals surface area contributed by atoms with E-state index in [0.29, 0.717) is 11.1 Å². The van der Waals surface area contributed by atoms with Crippen molar-refractivity contribution >= 4 is 11.0 Å². The van der Waals surface area contributed by atoms with E-state index in [1.807, 2.05) is 0 Å². The van der Waals surface area contributed by atoms with Crippen molar-refractivity contribution < 1.29 is 21.7 Å². The summed E-state index contributed by atoms with van der Waals surface area (Å²) in [6.45, 7) is -4.03. The molecule has 5 rings (SSSR count). The molecule has 1 N–H and O–H groups in total. The van der Waals surface area contributed by atoms with Crippen LogP contribution in [0.25, 0.3) is 33.5 Å². The Balaban J connectivity index is 1.85. The van der Waals surface area contributed by atoms with Gasteiger partial charge in [-0.25, -0.2) is 13.8 Å². The number of aryl methyl sites for hydroxylation is 2. The zero-order chi connectivity index (χ0) is 26.2. The van der Waals surface area contributed by atoms with Gasteiger partial charge in [-0.05, 0) is 39.7 Å². The molecule has 0 saturated carbocycles. The number of nitrogens with one attached hydrogen (secondary N) is 1. The van der Waals surface area contributed by atoms with Gasteiger partial charge in [-0.15, -0.1) is 0 Å². The number of halogens is 2. The molecule has 0 aromatic carbocycles. The Kier molecular flexibility index (Phi) is 2.81. The summed E-state index contributed by atoms with van der Waals surface area (Å²) in [5.74, 6) is -1.27. The lowest BCUT2D eigenvalue weighted by Crippen LogP contribution is -2.36. The van der Waals surface area contributed by atoms with Crippen LogP contribution < -0.4 is 0 Å². The fourth-order valence-corrected chi connectivity index (χ4v) is 3.71. The van der Waals surface area contributed by atoms with Crippen LogP contribution in [-0.2, 0) is 17.9 Å². The predicted octanol–water partition coefficient (Wildman–Crippen LogP) is 4.09. The highest BCUT2D eigenvalue weighted by Crippen LogP contribution is 2.42. The highest BCUT2D eigenvalue weighted by atomic mass is 19.1. The summed E-state index contributed by atoms with van der Waals surface area (Å²) in [6, 6.07) is 2.50. The first-order valence-electron chi connectivity index (χ1n) is 12.1. The van der Waals surface area contributed by atoms with Crippen LogP contribution in [0.4, 0.5) is 8.78 Å². The topological polar surface area (TPSA) is 81.5 Å². The van der Waals surface area contributed by atoms with Gasteiger partial charge in [-0.3, -0.25) is 14.8 Å². The fraction of sp³-hybridized carbons (Fsp3) is 0.333.